The Kier molecular flexibility index (Phi) is 11.8. The van der Waals surface area contributed by atoms with Crippen LogP contribution in [0.15, 0.2) is 144 Å². The van der Waals surface area contributed by atoms with Gasteiger partial charge in [-0.3, -0.25) is 4.98 Å². The van der Waals surface area contributed by atoms with E-state index in [1.807, 2.05) is 42.6 Å². The van der Waals surface area contributed by atoms with Crippen molar-refractivity contribution in [3.8, 4) is 39.5 Å². The first-order chi connectivity index (χ1) is 27.5. The fraction of sp³-hybridized carbons (Fsp3) is 0.192. The predicted octanol–water partition coefficient (Wildman–Crippen LogP) is 13.7. The number of para-hydroxylation sites is 3. The van der Waals surface area contributed by atoms with Gasteiger partial charge in [-0.05, 0) is 75.3 Å². The van der Waals surface area contributed by atoms with Gasteiger partial charge in [-0.1, -0.05) is 138 Å². The molecule has 0 aliphatic rings. The Morgan fingerprint density at radius 1 is 0.707 bits per heavy atom. The molecule has 58 heavy (non-hydrogen) atoms. The first kappa shape index (κ1) is 40.8. The number of furan rings is 1. The van der Waals surface area contributed by atoms with Crippen LogP contribution in [0.2, 0.25) is 19.6 Å². The van der Waals surface area contributed by atoms with Crippen molar-refractivity contribution in [1.82, 2.24) is 14.5 Å². The number of nitrogens with zero attached hydrogens (tertiary/aromatic N) is 3. The molecule has 0 atom stereocenters. The Balaban J connectivity index is 0.000000254. The van der Waals surface area contributed by atoms with Crippen molar-refractivity contribution in [3.05, 3.63) is 168 Å². The zero-order valence-corrected chi connectivity index (χ0v) is 37.9. The second kappa shape index (κ2) is 16.8. The van der Waals surface area contributed by atoms with E-state index in [1.54, 1.807) is 0 Å². The van der Waals surface area contributed by atoms with Crippen LogP contribution in [0.1, 0.15) is 56.2 Å². The predicted molar refractivity (Wildman–Crippen MR) is 242 cm³/mol. The van der Waals surface area contributed by atoms with Gasteiger partial charge in [0.05, 0.1) is 30.5 Å². The van der Waals surface area contributed by atoms with Crippen LogP contribution in [-0.2, 0) is 20.1 Å². The van der Waals surface area contributed by atoms with Crippen molar-refractivity contribution < 1.29 is 24.5 Å². The zero-order chi connectivity index (χ0) is 39.8. The summed E-state index contributed by atoms with van der Waals surface area (Å²) in [6, 6.07) is 53.2. The van der Waals surface area contributed by atoms with E-state index in [-0.39, 0.29) is 20.1 Å². The summed E-state index contributed by atoms with van der Waals surface area (Å²) < 4.78 is 8.92. The van der Waals surface area contributed by atoms with Crippen LogP contribution in [-0.4, -0.2) is 22.6 Å². The standard InChI is InChI=1S/C38H33N2O.C14H16NSi.Ir/c1-23(2)30-21-27(26-13-7-6-8-14-26)22-31(24(3)4)36(30)40-33-17-11-10-16-32(33)39-38(40)29-20-19-25(5)35-28-15-9-12-18-34(28)41-37(29)35;1-16(2,3)13-9-10-14(15-11-13)12-7-5-4-6-8-12;/h6-19,21-24H,1-5H3;4-7,9-11H,1-3H3;/q2*-1;. The van der Waals surface area contributed by atoms with E-state index in [4.69, 9.17) is 9.40 Å². The maximum absolute atomic E-state index is 6.55. The van der Waals surface area contributed by atoms with Crippen molar-refractivity contribution in [2.75, 3.05) is 0 Å². The zero-order valence-electron chi connectivity index (χ0n) is 34.5. The van der Waals surface area contributed by atoms with Gasteiger partial charge in [0.15, 0.2) is 0 Å². The van der Waals surface area contributed by atoms with Gasteiger partial charge in [-0.25, -0.2) is 0 Å². The molecule has 0 aliphatic heterocycles. The Morgan fingerprint density at radius 3 is 2.03 bits per heavy atom. The van der Waals surface area contributed by atoms with Gasteiger partial charge in [-0.15, -0.1) is 53.6 Å². The summed E-state index contributed by atoms with van der Waals surface area (Å²) in [6.45, 7) is 18.3. The first-order valence-corrected chi connectivity index (χ1v) is 23.5. The van der Waals surface area contributed by atoms with Crippen LogP contribution >= 0.6 is 0 Å². The quantitative estimate of drug-likeness (QED) is 0.118. The van der Waals surface area contributed by atoms with Crippen LogP contribution in [0.5, 0.6) is 0 Å². The van der Waals surface area contributed by atoms with E-state index in [0.29, 0.717) is 11.8 Å². The fourth-order valence-corrected chi connectivity index (χ4v) is 8.72. The van der Waals surface area contributed by atoms with Crippen LogP contribution in [0.3, 0.4) is 0 Å². The molecule has 0 aliphatic carbocycles. The number of hydrogen-bond donors (Lipinski definition) is 0. The molecule has 3 heterocycles. The molecule has 0 unspecified atom stereocenters. The summed E-state index contributed by atoms with van der Waals surface area (Å²) in [5.41, 5.74) is 14.1. The van der Waals surface area contributed by atoms with Crippen LogP contribution in [0.4, 0.5) is 0 Å². The number of fused-ring (bicyclic) bond motifs is 4. The van der Waals surface area contributed by atoms with Gasteiger partial charge < -0.3 is 14.0 Å². The molecule has 1 radical (unpaired) electrons. The molecule has 0 saturated carbocycles. The SMILES string of the molecule is C[Si](C)(C)c1ccc(-c2[c-]cccc2)nc1.Cc1c[c-]c(-c2nc3ccccc3n2-c2c(C(C)C)cc(-c3ccccc3)cc2C(C)C)c2oc3ccccc3c12.[Ir]. The van der Waals surface area contributed by atoms with E-state index in [0.717, 1.165) is 61.2 Å². The van der Waals surface area contributed by atoms with Gasteiger partial charge in [0.1, 0.15) is 5.58 Å². The fourth-order valence-electron chi connectivity index (χ4n) is 7.68. The Morgan fingerprint density at radius 2 is 1.38 bits per heavy atom. The van der Waals surface area contributed by atoms with E-state index in [9.17, 15) is 0 Å². The summed E-state index contributed by atoms with van der Waals surface area (Å²) in [4.78, 5) is 9.78. The molecule has 0 spiro atoms. The number of aryl methyl sites for hydroxylation is 1. The first-order valence-electron chi connectivity index (χ1n) is 20.0. The second-order valence-electron chi connectivity index (χ2n) is 16.5. The molecule has 0 bridgehead atoms. The Labute approximate surface area is 357 Å². The molecule has 0 saturated heterocycles. The third kappa shape index (κ3) is 7.89. The average molecular weight is 952 g/mol. The summed E-state index contributed by atoms with van der Waals surface area (Å²) >= 11 is 0. The Bertz CT molecular complexity index is 2800. The molecule has 6 aromatic carbocycles. The van der Waals surface area contributed by atoms with E-state index in [1.165, 1.54) is 33.1 Å². The topological polar surface area (TPSA) is 43.9 Å². The van der Waals surface area contributed by atoms with Gasteiger partial charge >= 0.3 is 0 Å². The van der Waals surface area contributed by atoms with E-state index in [2.05, 4.69) is 173 Å². The number of hydrogen-bond acceptors (Lipinski definition) is 3. The van der Waals surface area contributed by atoms with Crippen molar-refractivity contribution in [2.24, 2.45) is 0 Å². The normalized spacial score (nSPS) is 11.6. The molecule has 6 heteroatoms. The molecule has 0 fully saturated rings. The summed E-state index contributed by atoms with van der Waals surface area (Å²) in [6.07, 6.45) is 2.02. The smallest absolute Gasteiger partial charge is 0.120 e. The largest absolute Gasteiger partial charge is 0.501 e. The number of rotatable bonds is 7. The van der Waals surface area contributed by atoms with Crippen LogP contribution in [0, 0.1) is 19.1 Å². The molecule has 4 nitrogen and oxygen atoms in total. The van der Waals surface area contributed by atoms with Gasteiger partial charge in [0, 0.05) is 37.4 Å². The number of imidazole rings is 1. The van der Waals surface area contributed by atoms with Crippen LogP contribution in [0.25, 0.3) is 72.4 Å². The average Bonchev–Trinajstić information content (AvgIpc) is 3.81. The third-order valence-corrected chi connectivity index (χ3v) is 12.8. The van der Waals surface area contributed by atoms with Crippen molar-refractivity contribution in [2.45, 2.75) is 66.1 Å². The molecule has 9 rings (SSSR count). The summed E-state index contributed by atoms with van der Waals surface area (Å²) in [7, 11) is -1.23. The van der Waals surface area contributed by atoms with Gasteiger partial charge in [0.2, 0.25) is 0 Å². The van der Waals surface area contributed by atoms with Gasteiger partial charge in [0.25, 0.3) is 0 Å². The molecule has 293 valence electrons. The van der Waals surface area contributed by atoms with E-state index < -0.39 is 8.07 Å². The van der Waals surface area contributed by atoms with Gasteiger partial charge in [-0.2, -0.15) is 0 Å². The summed E-state index contributed by atoms with van der Waals surface area (Å²) in [5, 5.41) is 3.64. The summed E-state index contributed by atoms with van der Waals surface area (Å²) in [5.74, 6) is 1.45. The number of aromatic nitrogens is 3. The molecule has 0 N–H and O–H groups in total. The third-order valence-electron chi connectivity index (χ3n) is 10.8. The molecular formula is C52H49IrN3OSi-2. The minimum Gasteiger partial charge on any atom is -0.501 e. The molecule has 0 amide bonds. The van der Waals surface area contributed by atoms with Crippen molar-refractivity contribution in [3.63, 3.8) is 0 Å². The van der Waals surface area contributed by atoms with Crippen LogP contribution < -0.4 is 5.19 Å². The maximum Gasteiger partial charge on any atom is 0.120 e. The number of benzene rings is 6. The maximum atomic E-state index is 6.55. The van der Waals surface area contributed by atoms with Crippen molar-refractivity contribution >= 4 is 46.2 Å². The van der Waals surface area contributed by atoms with E-state index >= 15 is 0 Å². The minimum absolute atomic E-state index is 0. The monoisotopic (exact) mass is 952 g/mol. The molecule has 9 aromatic rings. The Hall–Kier alpha value is -5.39. The molecule has 3 aromatic heterocycles. The van der Waals surface area contributed by atoms with Crippen molar-refractivity contribution in [1.29, 1.82) is 0 Å². The molecular weight excluding hydrogens is 903 g/mol. The minimum atomic E-state index is -1.23. The second-order valence-corrected chi connectivity index (χ2v) is 21.6. The number of pyridine rings is 1.